The van der Waals surface area contributed by atoms with E-state index in [1.54, 1.807) is 67.2 Å². The number of hydrogen-bond donors (Lipinski definition) is 3. The Kier molecular flexibility index (Phi) is 29.8. The van der Waals surface area contributed by atoms with Gasteiger partial charge in [0, 0.05) is 26.2 Å². The second-order valence-corrected chi connectivity index (χ2v) is 19.0. The second kappa shape index (κ2) is 28.9. The van der Waals surface area contributed by atoms with Crippen LogP contribution >= 0.6 is 0 Å². The van der Waals surface area contributed by atoms with Gasteiger partial charge in [0.2, 0.25) is 0 Å². The van der Waals surface area contributed by atoms with E-state index in [2.05, 4.69) is 14.9 Å². The van der Waals surface area contributed by atoms with Crippen LogP contribution < -0.4 is 40.1 Å². The zero-order chi connectivity index (χ0) is 45.5. The van der Waals surface area contributed by atoms with Gasteiger partial charge in [-0.15, -0.1) is 0 Å². The van der Waals surface area contributed by atoms with E-state index < -0.39 is 63.1 Å². The number of aliphatic hydroxyl groups is 2. The molecule has 3 aliphatic rings. The maximum atomic E-state index is 11.8. The number of ether oxygens (including phenoxy) is 5. The third kappa shape index (κ3) is 39.4. The minimum Gasteiger partial charge on any atom is -0.662 e. The van der Waals surface area contributed by atoms with Crippen molar-refractivity contribution in [1.82, 2.24) is 15.1 Å². The first-order chi connectivity index (χ1) is 26.3. The summed E-state index contributed by atoms with van der Waals surface area (Å²) in [4.78, 5) is 59.7. The minimum absolute atomic E-state index is 0. The van der Waals surface area contributed by atoms with Gasteiger partial charge in [-0.2, -0.15) is 8.42 Å². The van der Waals surface area contributed by atoms with E-state index in [0.29, 0.717) is 32.5 Å². The number of aliphatic hydroxyl groups excluding tert-OH is 2. The third-order valence-electron chi connectivity index (χ3n) is 6.64. The Morgan fingerprint density at radius 3 is 1.37 bits per heavy atom. The van der Waals surface area contributed by atoms with Crippen molar-refractivity contribution in [3.63, 3.8) is 0 Å². The molecular weight excluding hydrogens is 813 g/mol. The predicted octanol–water partition coefficient (Wildman–Crippen LogP) is 0.783. The molecule has 59 heavy (non-hydrogen) atoms. The first kappa shape index (κ1) is 60.8. The summed E-state index contributed by atoms with van der Waals surface area (Å²) >= 11 is 0. The van der Waals surface area contributed by atoms with Crippen LogP contribution in [-0.2, 0) is 47.7 Å². The topological polar surface area (TPSA) is 266 Å². The first-order valence-corrected chi connectivity index (χ1v) is 20.8. The largest absolute Gasteiger partial charge is 1.00 e. The fourth-order valence-corrected chi connectivity index (χ4v) is 5.30. The number of nitrogens with zero attached hydrogens (tertiary/aromatic N) is 2. The van der Waals surface area contributed by atoms with Crippen LogP contribution in [0.2, 0.25) is 0 Å². The quantitative estimate of drug-likeness (QED) is 0.0517. The van der Waals surface area contributed by atoms with Crippen molar-refractivity contribution < 1.29 is 110 Å². The van der Waals surface area contributed by atoms with Crippen molar-refractivity contribution in [2.24, 2.45) is 0 Å². The van der Waals surface area contributed by atoms with Gasteiger partial charge >= 0.3 is 54.1 Å². The number of amides is 2. The Balaban J connectivity index is -0.000000704. The molecule has 3 aliphatic heterocycles. The molecule has 3 fully saturated rings. The molecule has 0 aromatic carbocycles. The molecule has 3 atom stereocenters. The van der Waals surface area contributed by atoms with Crippen LogP contribution in [0.5, 0.6) is 0 Å². The molecule has 0 saturated carbocycles. The summed E-state index contributed by atoms with van der Waals surface area (Å²) in [5, 5.41) is 29.7. The summed E-state index contributed by atoms with van der Waals surface area (Å²) in [5.41, 5.74) is -2.40. The van der Waals surface area contributed by atoms with Crippen LogP contribution in [0.4, 0.5) is 19.2 Å². The van der Waals surface area contributed by atoms with E-state index in [1.807, 2.05) is 20.8 Å². The van der Waals surface area contributed by atoms with E-state index >= 15 is 0 Å². The Hall–Kier alpha value is -2.50. The van der Waals surface area contributed by atoms with Gasteiger partial charge in [0.1, 0.15) is 22.4 Å². The maximum absolute atomic E-state index is 11.8. The van der Waals surface area contributed by atoms with Gasteiger partial charge in [-0.25, -0.2) is 19.2 Å². The molecule has 22 heteroatoms. The summed E-state index contributed by atoms with van der Waals surface area (Å²) in [5.74, 6) is 0. The zero-order valence-electron chi connectivity index (χ0n) is 37.6. The molecule has 0 unspecified atom stereocenters. The van der Waals surface area contributed by atoms with Gasteiger partial charge in [-0.3, -0.25) is 8.98 Å². The summed E-state index contributed by atoms with van der Waals surface area (Å²) < 4.78 is 51.2. The summed E-state index contributed by atoms with van der Waals surface area (Å²) in [7, 11) is -3.49. The molecule has 3 rings (SSSR count). The standard InChI is InChI=1S/C11H21NO5S.C10H19NO3.C10H18O5.C5H11NO.CH2O3.Na/c1-11(2,3)16-10(13)12-7-5-6-9(8-12)17-18(4,14)15;1-10(2,3)14-9(13)11-6-4-5-8(12)7-11;1-9(2,3)14-7(11)13-8(12)15-10(4,5)6;7-5-2-1-3-6-4-5;2-1-4-3;/h9H,5-8H2,1-4H3;8,12H,4-7H2,1-3H3;1-6H3;5-7H,1-4H2;1,3H;/q;;;;;+1/p-1/t9-;8-;;5-;;/m00.0../s1. The summed E-state index contributed by atoms with van der Waals surface area (Å²) in [6, 6.07) is 0. The van der Waals surface area contributed by atoms with Crippen molar-refractivity contribution >= 4 is 41.1 Å². The molecule has 0 aromatic rings. The van der Waals surface area contributed by atoms with Gasteiger partial charge in [0.05, 0.1) is 31.1 Å². The zero-order valence-corrected chi connectivity index (χ0v) is 40.4. The van der Waals surface area contributed by atoms with E-state index in [0.717, 1.165) is 45.0 Å². The van der Waals surface area contributed by atoms with Gasteiger partial charge in [0.25, 0.3) is 16.6 Å². The number of likely N-dealkylation sites (tertiary alicyclic amines) is 2. The normalized spacial score (nSPS) is 19.5. The number of carbonyl (C=O) groups excluding carboxylic acids is 5. The first-order valence-electron chi connectivity index (χ1n) is 19.0. The summed E-state index contributed by atoms with van der Waals surface area (Å²) in [6.45, 7) is 24.5. The number of rotatable bonds is 3. The Labute approximate surface area is 372 Å². The molecule has 342 valence electrons. The Morgan fingerprint density at radius 1 is 0.678 bits per heavy atom. The molecular formula is C37H70N3NaO17S. The van der Waals surface area contributed by atoms with E-state index in [-0.39, 0.29) is 54.8 Å². The second-order valence-electron chi connectivity index (χ2n) is 17.4. The van der Waals surface area contributed by atoms with E-state index in [1.165, 1.54) is 4.90 Å². The Bertz CT molecular complexity index is 1310. The molecule has 0 bridgehead atoms. The van der Waals surface area contributed by atoms with Crippen LogP contribution in [0, 0.1) is 0 Å². The molecule has 20 nitrogen and oxygen atoms in total. The molecule has 2 amide bonds. The number of hydrogen-bond acceptors (Lipinski definition) is 18. The monoisotopic (exact) mass is 883 g/mol. The van der Waals surface area contributed by atoms with Crippen LogP contribution in [0.15, 0.2) is 0 Å². The van der Waals surface area contributed by atoms with E-state index in [4.69, 9.17) is 38.3 Å². The van der Waals surface area contributed by atoms with Crippen LogP contribution in [0.3, 0.4) is 0 Å². The van der Waals surface area contributed by atoms with Gasteiger partial charge in [-0.1, -0.05) is 0 Å². The fraction of sp³-hybridized carbons (Fsp3) is 0.865. The van der Waals surface area contributed by atoms with Crippen LogP contribution in [-0.4, -0.2) is 146 Å². The average Bonchev–Trinajstić information content (AvgIpc) is 3.02. The Morgan fingerprint density at radius 2 is 1.07 bits per heavy atom. The minimum atomic E-state index is -3.49. The smallest absolute Gasteiger partial charge is 0.662 e. The van der Waals surface area contributed by atoms with Crippen molar-refractivity contribution in [2.75, 3.05) is 45.5 Å². The molecule has 3 saturated heterocycles. The van der Waals surface area contributed by atoms with Crippen LogP contribution in [0.25, 0.3) is 0 Å². The number of carbonyl (C=O) groups is 5. The van der Waals surface area contributed by atoms with Crippen molar-refractivity contribution in [2.45, 2.75) is 162 Å². The number of β-amino-alcohol motifs (C(OH)–C–C–N with tert-alkyl or cyclic N) is 2. The van der Waals surface area contributed by atoms with Crippen molar-refractivity contribution in [3.05, 3.63) is 0 Å². The summed E-state index contributed by atoms with van der Waals surface area (Å²) in [6.07, 6.45) is 2.28. The predicted molar refractivity (Wildman–Crippen MR) is 209 cm³/mol. The third-order valence-corrected chi connectivity index (χ3v) is 7.27. The molecule has 3 heterocycles. The van der Waals surface area contributed by atoms with Crippen molar-refractivity contribution in [1.29, 1.82) is 0 Å². The van der Waals surface area contributed by atoms with Gasteiger partial charge in [-0.05, 0) is 128 Å². The number of piperidine rings is 3. The molecule has 0 aromatic heterocycles. The molecule has 0 aliphatic carbocycles. The number of nitrogens with one attached hydrogen (secondary N) is 1. The molecule has 0 spiro atoms. The fourth-order valence-electron chi connectivity index (χ4n) is 4.65. The van der Waals surface area contributed by atoms with Gasteiger partial charge < -0.3 is 59.2 Å². The van der Waals surface area contributed by atoms with Crippen LogP contribution in [0.1, 0.15) is 122 Å². The average molecular weight is 884 g/mol. The van der Waals surface area contributed by atoms with Crippen molar-refractivity contribution in [3.8, 4) is 0 Å². The SMILES string of the molecule is CC(C)(C)OC(=O)N1CCC[C@H](O)C1.CC(C)(C)OC(=O)N1CCC[C@H](OS(C)(=O)=O)C1.CC(C)(C)OC(=O)OC(=O)OC(C)(C)C.O=CO[O-].O[C@H]1CCCNC1.[Na+]. The van der Waals surface area contributed by atoms with Gasteiger partial charge in [0.15, 0.2) is 0 Å². The maximum Gasteiger partial charge on any atom is 1.00 e. The molecule has 0 radical (unpaired) electrons. The molecule has 3 N–H and O–H groups in total. The van der Waals surface area contributed by atoms with E-state index in [9.17, 15) is 32.7 Å².